The molecule has 1 saturated heterocycles. The van der Waals surface area contributed by atoms with Crippen molar-refractivity contribution in [2.24, 2.45) is 0 Å². The van der Waals surface area contributed by atoms with Crippen LogP contribution in [-0.2, 0) is 4.79 Å². The first-order valence-corrected chi connectivity index (χ1v) is 9.62. The van der Waals surface area contributed by atoms with Crippen molar-refractivity contribution in [1.29, 1.82) is 0 Å². The largest absolute Gasteiger partial charge is 0.497 e. The lowest BCUT2D eigenvalue weighted by atomic mass is 10.0. The number of rotatable bonds is 6. The minimum Gasteiger partial charge on any atom is -0.497 e. The molecule has 29 heavy (non-hydrogen) atoms. The smallest absolute Gasteiger partial charge is 0.325 e. The number of fused-ring (bicyclic) bond motifs is 1. The number of methoxy groups -OCH3 is 2. The van der Waals surface area contributed by atoms with Gasteiger partial charge >= 0.3 is 5.97 Å². The number of ether oxygens (including phenoxy) is 2. The lowest BCUT2D eigenvalue weighted by Crippen LogP contribution is -2.49. The molecule has 0 saturated carbocycles. The van der Waals surface area contributed by atoms with Crippen molar-refractivity contribution in [3.63, 3.8) is 0 Å². The highest BCUT2D eigenvalue weighted by atomic mass is 16.5. The molecule has 0 bridgehead atoms. The first kappa shape index (κ1) is 19.1. The van der Waals surface area contributed by atoms with Crippen LogP contribution in [0.3, 0.4) is 0 Å². The van der Waals surface area contributed by atoms with Gasteiger partial charge in [-0.15, -0.1) is 0 Å². The van der Waals surface area contributed by atoms with Crippen molar-refractivity contribution in [3.8, 4) is 11.5 Å². The van der Waals surface area contributed by atoms with Gasteiger partial charge in [-0.05, 0) is 18.2 Å². The molecule has 1 aromatic heterocycles. The van der Waals surface area contributed by atoms with E-state index in [9.17, 15) is 9.90 Å². The maximum atomic E-state index is 12.2. The normalized spacial score (nSPS) is 16.0. The summed E-state index contributed by atoms with van der Waals surface area (Å²) in [6.45, 7) is 2.82. The Morgan fingerprint density at radius 2 is 1.83 bits per heavy atom. The number of carbonyl (C=O) groups is 1. The molecule has 2 aromatic carbocycles. The van der Waals surface area contributed by atoms with Crippen molar-refractivity contribution < 1.29 is 19.4 Å². The average Bonchev–Trinajstić information content (AvgIpc) is 3.18. The highest BCUT2D eigenvalue weighted by Gasteiger charge is 2.32. The number of hydrogen-bond acceptors (Lipinski definition) is 5. The minimum atomic E-state index is -0.844. The number of anilines is 1. The number of para-hydroxylation sites is 1. The second kappa shape index (κ2) is 8.05. The highest BCUT2D eigenvalue weighted by molar-refractivity contribution is 5.92. The van der Waals surface area contributed by atoms with Crippen molar-refractivity contribution in [2.45, 2.75) is 6.04 Å². The Morgan fingerprint density at radius 1 is 1.07 bits per heavy atom. The standard InChI is InChI=1S/C22H25N3O4/c1-28-16-6-3-5-15(13-16)24-9-11-25(12-10-24)21(22(26)27)18-14-23-20-17(18)7-4-8-19(20)29-2/h3-8,13-14,21,23H,9-12H2,1-2H3,(H,26,27)/t21-/m0/s1. The van der Waals surface area contributed by atoms with E-state index in [4.69, 9.17) is 9.47 Å². The summed E-state index contributed by atoms with van der Waals surface area (Å²) in [7, 11) is 3.27. The van der Waals surface area contributed by atoms with E-state index in [1.165, 1.54) is 0 Å². The highest BCUT2D eigenvalue weighted by Crippen LogP contribution is 2.34. The lowest BCUT2D eigenvalue weighted by molar-refractivity contribution is -0.143. The molecule has 152 valence electrons. The Hall–Kier alpha value is -3.19. The second-order valence-electron chi connectivity index (χ2n) is 7.09. The molecule has 1 fully saturated rings. The molecule has 2 N–H and O–H groups in total. The van der Waals surface area contributed by atoms with Crippen LogP contribution in [-0.4, -0.2) is 61.4 Å². The first-order valence-electron chi connectivity index (χ1n) is 9.62. The first-order chi connectivity index (χ1) is 14.1. The van der Waals surface area contributed by atoms with E-state index in [1.807, 2.05) is 41.3 Å². The summed E-state index contributed by atoms with van der Waals surface area (Å²) in [4.78, 5) is 19.7. The number of aromatic amines is 1. The summed E-state index contributed by atoms with van der Waals surface area (Å²) < 4.78 is 10.7. The summed E-state index contributed by atoms with van der Waals surface area (Å²) in [5.74, 6) is 0.686. The molecular weight excluding hydrogens is 370 g/mol. The fourth-order valence-corrected chi connectivity index (χ4v) is 4.08. The summed E-state index contributed by atoms with van der Waals surface area (Å²) >= 11 is 0. The number of nitrogens with one attached hydrogen (secondary N) is 1. The number of aromatic nitrogens is 1. The van der Waals surface area contributed by atoms with Crippen molar-refractivity contribution in [3.05, 3.63) is 54.2 Å². The summed E-state index contributed by atoms with van der Waals surface area (Å²) in [6.07, 6.45) is 1.79. The van der Waals surface area contributed by atoms with Crippen LogP contribution in [0.1, 0.15) is 11.6 Å². The Balaban J connectivity index is 1.56. The van der Waals surface area contributed by atoms with Gasteiger partial charge in [0.1, 0.15) is 17.5 Å². The number of carboxylic acid groups (broad SMARTS) is 1. The summed E-state index contributed by atoms with van der Waals surface area (Å²) in [5, 5.41) is 10.9. The van der Waals surface area contributed by atoms with Gasteiger partial charge < -0.3 is 24.5 Å². The Labute approximate surface area is 169 Å². The number of benzene rings is 2. The predicted octanol–water partition coefficient (Wildman–Crippen LogP) is 3.13. The van der Waals surface area contributed by atoms with Crippen LogP contribution in [0.15, 0.2) is 48.7 Å². The van der Waals surface area contributed by atoms with E-state index < -0.39 is 12.0 Å². The van der Waals surface area contributed by atoms with E-state index in [0.29, 0.717) is 18.8 Å². The third kappa shape index (κ3) is 3.61. The second-order valence-corrected chi connectivity index (χ2v) is 7.09. The molecule has 4 rings (SSSR count). The third-order valence-corrected chi connectivity index (χ3v) is 5.56. The predicted molar refractivity (Wildman–Crippen MR) is 112 cm³/mol. The van der Waals surface area contributed by atoms with E-state index in [0.717, 1.165) is 41.0 Å². The molecule has 0 aliphatic carbocycles. The molecule has 7 nitrogen and oxygen atoms in total. The third-order valence-electron chi connectivity index (χ3n) is 5.56. The Morgan fingerprint density at radius 3 is 2.52 bits per heavy atom. The van der Waals surface area contributed by atoms with Gasteiger partial charge in [-0.3, -0.25) is 9.69 Å². The van der Waals surface area contributed by atoms with Gasteiger partial charge in [-0.1, -0.05) is 18.2 Å². The number of piperazine rings is 1. The van der Waals surface area contributed by atoms with Gasteiger partial charge in [0.2, 0.25) is 0 Å². The van der Waals surface area contributed by atoms with Crippen LogP contribution in [0, 0.1) is 0 Å². The van der Waals surface area contributed by atoms with Gasteiger partial charge in [0.15, 0.2) is 0 Å². The molecule has 0 unspecified atom stereocenters. The molecule has 2 heterocycles. The molecule has 7 heteroatoms. The zero-order valence-electron chi connectivity index (χ0n) is 16.6. The summed E-state index contributed by atoms with van der Waals surface area (Å²) in [5.41, 5.74) is 2.68. The minimum absolute atomic E-state index is 0.658. The van der Waals surface area contributed by atoms with E-state index in [1.54, 1.807) is 20.4 Å². The van der Waals surface area contributed by atoms with Crippen LogP contribution in [0.5, 0.6) is 11.5 Å². The van der Waals surface area contributed by atoms with E-state index in [2.05, 4.69) is 16.0 Å². The fourth-order valence-electron chi connectivity index (χ4n) is 4.08. The zero-order valence-corrected chi connectivity index (χ0v) is 16.6. The molecule has 0 spiro atoms. The molecule has 3 aromatic rings. The number of nitrogens with zero attached hydrogens (tertiary/aromatic N) is 2. The van der Waals surface area contributed by atoms with E-state index >= 15 is 0 Å². The van der Waals surface area contributed by atoms with Gasteiger partial charge in [-0.2, -0.15) is 0 Å². The van der Waals surface area contributed by atoms with Crippen LogP contribution in [0.25, 0.3) is 10.9 Å². The van der Waals surface area contributed by atoms with E-state index in [-0.39, 0.29) is 0 Å². The molecule has 0 amide bonds. The maximum absolute atomic E-state index is 12.2. The number of carboxylic acids is 1. The molecule has 0 radical (unpaired) electrons. The topological polar surface area (TPSA) is 78.0 Å². The number of H-pyrrole nitrogens is 1. The van der Waals surface area contributed by atoms with Crippen LogP contribution in [0.2, 0.25) is 0 Å². The Kier molecular flexibility index (Phi) is 5.31. The van der Waals surface area contributed by atoms with Crippen LogP contribution >= 0.6 is 0 Å². The number of aliphatic carboxylic acids is 1. The molecule has 1 atom stereocenters. The van der Waals surface area contributed by atoms with Crippen LogP contribution < -0.4 is 14.4 Å². The Bertz CT molecular complexity index is 1010. The van der Waals surface area contributed by atoms with Gasteiger partial charge in [0, 0.05) is 55.1 Å². The fraction of sp³-hybridized carbons (Fsp3) is 0.318. The summed E-state index contributed by atoms with van der Waals surface area (Å²) in [6, 6.07) is 12.9. The van der Waals surface area contributed by atoms with Crippen molar-refractivity contribution >= 4 is 22.6 Å². The SMILES string of the molecule is COc1cccc(N2CCN([C@H](C(=O)O)c3c[nH]c4c(OC)cccc34)CC2)c1. The van der Waals surface area contributed by atoms with Gasteiger partial charge in [0.25, 0.3) is 0 Å². The molecule has 1 aliphatic rings. The monoisotopic (exact) mass is 395 g/mol. The maximum Gasteiger partial charge on any atom is 0.325 e. The van der Waals surface area contributed by atoms with Crippen molar-refractivity contribution in [2.75, 3.05) is 45.3 Å². The molecule has 1 aliphatic heterocycles. The van der Waals surface area contributed by atoms with Crippen molar-refractivity contribution in [1.82, 2.24) is 9.88 Å². The van der Waals surface area contributed by atoms with Gasteiger partial charge in [0.05, 0.1) is 19.7 Å². The van der Waals surface area contributed by atoms with Gasteiger partial charge in [-0.25, -0.2) is 0 Å². The lowest BCUT2D eigenvalue weighted by Gasteiger charge is -2.38. The zero-order chi connectivity index (χ0) is 20.4. The average molecular weight is 395 g/mol. The quantitative estimate of drug-likeness (QED) is 0.668. The molecular formula is C22H25N3O4. The number of hydrogen-bond donors (Lipinski definition) is 2. The van der Waals surface area contributed by atoms with Crippen LogP contribution in [0.4, 0.5) is 5.69 Å².